The predicted octanol–water partition coefficient (Wildman–Crippen LogP) is 1.71. The number of carboxylic acid groups (broad SMARTS) is 1. The number of hydrogen-bond donors (Lipinski definition) is 2. The zero-order valence-electron chi connectivity index (χ0n) is 13.3. The lowest BCUT2D eigenvalue weighted by Gasteiger charge is -2.36. The van der Waals surface area contributed by atoms with Crippen LogP contribution in [0.2, 0.25) is 0 Å². The summed E-state index contributed by atoms with van der Waals surface area (Å²) < 4.78 is 9.70. The van der Waals surface area contributed by atoms with Crippen molar-refractivity contribution in [2.45, 2.75) is 38.1 Å². The normalized spacial score (nSPS) is 17.5. The van der Waals surface area contributed by atoms with Gasteiger partial charge in [-0.3, -0.25) is 9.59 Å². The molecule has 1 saturated carbocycles. The molecule has 0 amide bonds. The minimum absolute atomic E-state index is 0.326. The molecule has 0 heterocycles. The number of esters is 2. The minimum atomic E-state index is -1.31. The fourth-order valence-electron chi connectivity index (χ4n) is 2.95. The van der Waals surface area contributed by atoms with E-state index < -0.39 is 36.2 Å². The molecular weight excluding hydrogens is 314 g/mol. The van der Waals surface area contributed by atoms with E-state index >= 15 is 0 Å². The highest BCUT2D eigenvalue weighted by molar-refractivity contribution is 5.89. The summed E-state index contributed by atoms with van der Waals surface area (Å²) in [6.45, 7) is -0.601. The Labute approximate surface area is 139 Å². The molecule has 1 aromatic rings. The van der Waals surface area contributed by atoms with Crippen LogP contribution < -0.4 is 5.73 Å². The van der Waals surface area contributed by atoms with E-state index in [1.54, 1.807) is 30.3 Å². The number of hydrogen-bond acceptors (Lipinski definition) is 6. The molecule has 2 rings (SSSR count). The highest BCUT2D eigenvalue weighted by Crippen LogP contribution is 2.39. The van der Waals surface area contributed by atoms with Gasteiger partial charge in [-0.1, -0.05) is 37.5 Å². The Morgan fingerprint density at radius 2 is 1.71 bits per heavy atom. The van der Waals surface area contributed by atoms with E-state index in [1.165, 1.54) is 0 Å². The van der Waals surface area contributed by atoms with Crippen LogP contribution in [-0.2, 0) is 19.1 Å². The zero-order chi connectivity index (χ0) is 17.6. The van der Waals surface area contributed by atoms with Crippen molar-refractivity contribution in [3.05, 3.63) is 35.9 Å². The third-order valence-corrected chi connectivity index (χ3v) is 4.42. The van der Waals surface area contributed by atoms with Gasteiger partial charge in [0.2, 0.25) is 6.79 Å². The van der Waals surface area contributed by atoms with Gasteiger partial charge in [-0.25, -0.2) is 4.79 Å². The summed E-state index contributed by atoms with van der Waals surface area (Å²) in [5, 5.41) is 9.50. The maximum absolute atomic E-state index is 12.1. The molecule has 0 saturated heterocycles. The number of aliphatic carboxylic acids is 1. The lowest BCUT2D eigenvalue weighted by Crippen LogP contribution is -2.53. The first-order chi connectivity index (χ1) is 11.5. The van der Waals surface area contributed by atoms with Crippen LogP contribution in [-0.4, -0.2) is 35.8 Å². The molecule has 130 valence electrons. The average Bonchev–Trinajstić information content (AvgIpc) is 2.62. The number of nitrogens with two attached hydrogens (primary N) is 1. The van der Waals surface area contributed by atoms with Gasteiger partial charge in [0.15, 0.2) is 0 Å². The van der Waals surface area contributed by atoms with Crippen molar-refractivity contribution in [2.24, 2.45) is 11.1 Å². The molecule has 0 aliphatic heterocycles. The zero-order valence-corrected chi connectivity index (χ0v) is 13.3. The van der Waals surface area contributed by atoms with Gasteiger partial charge in [0.25, 0.3) is 0 Å². The van der Waals surface area contributed by atoms with Crippen LogP contribution in [0, 0.1) is 5.41 Å². The number of ether oxygens (including phenoxy) is 2. The topological polar surface area (TPSA) is 116 Å². The predicted molar refractivity (Wildman–Crippen MR) is 83.9 cm³/mol. The number of carbonyl (C=O) groups excluding carboxylic acids is 2. The molecule has 1 unspecified atom stereocenters. The Bertz CT molecular complexity index is 594. The summed E-state index contributed by atoms with van der Waals surface area (Å²) in [6.07, 6.45) is 3.00. The summed E-state index contributed by atoms with van der Waals surface area (Å²) in [5.41, 5.74) is 4.88. The van der Waals surface area contributed by atoms with Gasteiger partial charge in [-0.15, -0.1) is 0 Å². The average molecular weight is 335 g/mol. The molecule has 7 heteroatoms. The van der Waals surface area contributed by atoms with Gasteiger partial charge in [0.05, 0.1) is 11.0 Å². The van der Waals surface area contributed by atoms with Crippen molar-refractivity contribution in [1.29, 1.82) is 0 Å². The first-order valence-corrected chi connectivity index (χ1v) is 7.85. The molecule has 7 nitrogen and oxygen atoms in total. The Balaban J connectivity index is 1.89. The number of benzene rings is 1. The summed E-state index contributed by atoms with van der Waals surface area (Å²) in [6, 6.07) is 6.96. The summed E-state index contributed by atoms with van der Waals surface area (Å²) >= 11 is 0. The van der Waals surface area contributed by atoms with E-state index in [-0.39, 0.29) is 0 Å². The van der Waals surface area contributed by atoms with Gasteiger partial charge >= 0.3 is 17.9 Å². The van der Waals surface area contributed by atoms with Crippen molar-refractivity contribution in [1.82, 2.24) is 0 Å². The van der Waals surface area contributed by atoms with E-state index in [0.717, 1.165) is 6.42 Å². The third-order valence-electron chi connectivity index (χ3n) is 4.42. The summed E-state index contributed by atoms with van der Waals surface area (Å²) in [4.78, 5) is 35.4. The molecule has 0 bridgehead atoms. The monoisotopic (exact) mass is 335 g/mol. The maximum atomic E-state index is 12.1. The first-order valence-electron chi connectivity index (χ1n) is 7.85. The van der Waals surface area contributed by atoms with Crippen molar-refractivity contribution in [3.63, 3.8) is 0 Å². The SMILES string of the molecule is NC(C(=O)OCOC(=O)c1ccccc1)C1(C(=O)O)CCCCC1. The van der Waals surface area contributed by atoms with E-state index in [1.807, 2.05) is 0 Å². The fourth-order valence-corrected chi connectivity index (χ4v) is 2.95. The Kier molecular flexibility index (Phi) is 5.92. The summed E-state index contributed by atoms with van der Waals surface area (Å²) in [7, 11) is 0. The number of rotatable bonds is 6. The second-order valence-corrected chi connectivity index (χ2v) is 5.88. The Morgan fingerprint density at radius 1 is 1.08 bits per heavy atom. The van der Waals surface area contributed by atoms with Crippen molar-refractivity contribution >= 4 is 17.9 Å². The molecule has 1 fully saturated rings. The lowest BCUT2D eigenvalue weighted by molar-refractivity contribution is -0.167. The van der Waals surface area contributed by atoms with Crippen LogP contribution in [0.25, 0.3) is 0 Å². The molecule has 0 radical (unpaired) electrons. The molecule has 0 spiro atoms. The van der Waals surface area contributed by atoms with Gasteiger partial charge in [-0.05, 0) is 25.0 Å². The molecule has 3 N–H and O–H groups in total. The van der Waals surface area contributed by atoms with Gasteiger partial charge in [0, 0.05) is 0 Å². The molecule has 24 heavy (non-hydrogen) atoms. The van der Waals surface area contributed by atoms with E-state index in [4.69, 9.17) is 15.2 Å². The quantitative estimate of drug-likeness (QED) is 0.600. The van der Waals surface area contributed by atoms with Gasteiger partial charge in [0.1, 0.15) is 6.04 Å². The second-order valence-electron chi connectivity index (χ2n) is 5.88. The fraction of sp³-hybridized carbons (Fsp3) is 0.471. The first kappa shape index (κ1) is 17.9. The maximum Gasteiger partial charge on any atom is 0.340 e. The highest BCUT2D eigenvalue weighted by Gasteiger charge is 2.48. The van der Waals surface area contributed by atoms with Crippen molar-refractivity contribution in [3.8, 4) is 0 Å². The second kappa shape index (κ2) is 7.92. The van der Waals surface area contributed by atoms with Crippen LogP contribution in [0.15, 0.2) is 30.3 Å². The molecule has 1 aliphatic carbocycles. The molecule has 1 atom stereocenters. The molecule has 0 aromatic heterocycles. The van der Waals surface area contributed by atoms with Crippen LogP contribution in [0.5, 0.6) is 0 Å². The van der Waals surface area contributed by atoms with Crippen LogP contribution in [0.3, 0.4) is 0 Å². The molecule has 1 aliphatic rings. The van der Waals surface area contributed by atoms with Crippen LogP contribution >= 0.6 is 0 Å². The molecular formula is C17H21NO6. The highest BCUT2D eigenvalue weighted by atomic mass is 16.7. The third kappa shape index (κ3) is 3.91. The van der Waals surface area contributed by atoms with E-state index in [2.05, 4.69) is 0 Å². The number of carboxylic acids is 1. The molecule has 1 aromatic carbocycles. The number of carbonyl (C=O) groups is 3. The summed E-state index contributed by atoms with van der Waals surface area (Å²) in [5.74, 6) is -2.60. The smallest absolute Gasteiger partial charge is 0.340 e. The van der Waals surface area contributed by atoms with E-state index in [0.29, 0.717) is 31.2 Å². The van der Waals surface area contributed by atoms with Crippen molar-refractivity contribution in [2.75, 3.05) is 6.79 Å². The van der Waals surface area contributed by atoms with Crippen LogP contribution in [0.4, 0.5) is 0 Å². The van der Waals surface area contributed by atoms with Crippen LogP contribution in [0.1, 0.15) is 42.5 Å². The Morgan fingerprint density at radius 3 is 2.29 bits per heavy atom. The van der Waals surface area contributed by atoms with Gasteiger partial charge in [-0.2, -0.15) is 0 Å². The van der Waals surface area contributed by atoms with E-state index in [9.17, 15) is 19.5 Å². The minimum Gasteiger partial charge on any atom is -0.481 e. The largest absolute Gasteiger partial charge is 0.481 e. The Hall–Kier alpha value is -2.41. The lowest BCUT2D eigenvalue weighted by atomic mass is 9.69. The van der Waals surface area contributed by atoms with Gasteiger partial charge < -0.3 is 20.3 Å². The standard InChI is InChI=1S/C17H21NO6/c18-13(17(16(21)22)9-5-2-6-10-17)15(20)24-11-23-14(19)12-7-3-1-4-8-12/h1,3-4,7-8,13H,2,5-6,9-11,18H2,(H,21,22). The van der Waals surface area contributed by atoms with Crippen molar-refractivity contribution < 1.29 is 29.0 Å².